The molecule has 1 aromatic carbocycles. The molecule has 0 saturated heterocycles. The highest BCUT2D eigenvalue weighted by Gasteiger charge is 2.22. The number of hydrogen-bond donors (Lipinski definition) is 4. The van der Waals surface area contributed by atoms with Gasteiger partial charge in [-0.2, -0.15) is 0 Å². The third-order valence-electron chi connectivity index (χ3n) is 3.25. The van der Waals surface area contributed by atoms with E-state index in [1.165, 1.54) is 0 Å². The Labute approximate surface area is 147 Å². The van der Waals surface area contributed by atoms with E-state index in [0.717, 1.165) is 5.56 Å². The number of aliphatic hydroxyl groups excluding tert-OH is 1. The van der Waals surface area contributed by atoms with Crippen molar-refractivity contribution in [2.75, 3.05) is 5.32 Å². The van der Waals surface area contributed by atoms with E-state index in [1.54, 1.807) is 52.0 Å². The second-order valence-corrected chi connectivity index (χ2v) is 6.88. The molecule has 2 amide bonds. The monoisotopic (exact) mass is 350 g/mol. The number of nitrogens with one attached hydrogen (secondary N) is 2. The van der Waals surface area contributed by atoms with Gasteiger partial charge in [-0.1, -0.05) is 24.3 Å². The Morgan fingerprint density at radius 3 is 2.24 bits per heavy atom. The average Bonchev–Trinajstić information content (AvgIpc) is 2.45. The first-order valence-electron chi connectivity index (χ1n) is 7.90. The summed E-state index contributed by atoms with van der Waals surface area (Å²) >= 11 is 0. The highest BCUT2D eigenvalue weighted by Crippen LogP contribution is 2.16. The van der Waals surface area contributed by atoms with E-state index in [0.29, 0.717) is 11.3 Å². The van der Waals surface area contributed by atoms with Crippen LogP contribution in [-0.2, 0) is 11.2 Å². The molecule has 138 valence electrons. The molecule has 7 heteroatoms. The summed E-state index contributed by atoms with van der Waals surface area (Å²) < 4.78 is 5.17. The van der Waals surface area contributed by atoms with Gasteiger partial charge in [-0.15, -0.1) is 0 Å². The fourth-order valence-corrected chi connectivity index (χ4v) is 2.14. The van der Waals surface area contributed by atoms with Crippen molar-refractivity contribution < 1.29 is 24.5 Å². The fourth-order valence-electron chi connectivity index (χ4n) is 2.14. The molecule has 0 fully saturated rings. The van der Waals surface area contributed by atoms with Crippen molar-refractivity contribution in [3.63, 3.8) is 0 Å². The lowest BCUT2D eigenvalue weighted by atomic mass is 9.97. The molecule has 4 N–H and O–H groups in total. The Bertz CT molecular complexity index is 619. The number of rotatable bonds is 6. The van der Waals surface area contributed by atoms with Crippen LogP contribution in [-0.4, -0.2) is 40.1 Å². The van der Waals surface area contributed by atoms with E-state index in [9.17, 15) is 14.7 Å². The first-order chi connectivity index (χ1) is 11.5. The van der Waals surface area contributed by atoms with Gasteiger partial charge in [0.25, 0.3) is 0 Å². The number of ether oxygens (including phenoxy) is 1. The van der Waals surface area contributed by atoms with Gasteiger partial charge in [-0.3, -0.25) is 5.32 Å². The summed E-state index contributed by atoms with van der Waals surface area (Å²) in [6.07, 6.45) is -2.47. The van der Waals surface area contributed by atoms with E-state index < -0.39 is 29.9 Å². The predicted octanol–water partition coefficient (Wildman–Crippen LogP) is 3.15. The third kappa shape index (κ3) is 7.71. The number of anilines is 1. The van der Waals surface area contributed by atoms with Crippen LogP contribution in [0, 0.1) is 0 Å². The van der Waals surface area contributed by atoms with Gasteiger partial charge >= 0.3 is 12.2 Å². The Hall–Kier alpha value is -2.54. The van der Waals surface area contributed by atoms with E-state index in [4.69, 9.17) is 9.84 Å². The molecule has 7 nitrogen and oxygen atoms in total. The van der Waals surface area contributed by atoms with Crippen LogP contribution in [0.3, 0.4) is 0 Å². The standard InChI is InChI=1S/C18H26N2O5/c1-11(2)15(21)14(20-16(22)23)10-12-6-8-13(9-7-12)19-17(24)25-18(3,4)5/h6-9,14-15,20-21H,1,10H2,2-5H3,(H,19,24)(H,22,23)/t14-,15-/m0/s1. The van der Waals surface area contributed by atoms with E-state index in [-0.39, 0.29) is 6.42 Å². The zero-order valence-electron chi connectivity index (χ0n) is 15.0. The SMILES string of the molecule is C=C(C)[C@H](O)[C@H](Cc1ccc(NC(=O)OC(C)(C)C)cc1)NC(=O)O. The van der Waals surface area contributed by atoms with Crippen molar-refractivity contribution >= 4 is 17.9 Å². The minimum atomic E-state index is -1.21. The van der Waals surface area contributed by atoms with Crippen molar-refractivity contribution in [2.45, 2.75) is 51.9 Å². The van der Waals surface area contributed by atoms with E-state index in [2.05, 4.69) is 17.2 Å². The maximum atomic E-state index is 11.7. The largest absolute Gasteiger partial charge is 0.465 e. The normalized spacial score (nSPS) is 13.5. The lowest BCUT2D eigenvalue weighted by Gasteiger charge is -2.23. The minimum Gasteiger partial charge on any atom is -0.465 e. The maximum absolute atomic E-state index is 11.7. The molecule has 2 atom stereocenters. The molecule has 1 aromatic rings. The highest BCUT2D eigenvalue weighted by molar-refractivity contribution is 5.84. The molecule has 0 heterocycles. The predicted molar refractivity (Wildman–Crippen MR) is 95.8 cm³/mol. The summed E-state index contributed by atoms with van der Waals surface area (Å²) in [5, 5.41) is 23.9. The maximum Gasteiger partial charge on any atom is 0.412 e. The third-order valence-corrected chi connectivity index (χ3v) is 3.25. The summed E-state index contributed by atoms with van der Waals surface area (Å²) in [7, 11) is 0. The molecule has 0 aromatic heterocycles. The van der Waals surface area contributed by atoms with Crippen LogP contribution < -0.4 is 10.6 Å². The van der Waals surface area contributed by atoms with Crippen molar-refractivity contribution in [3.8, 4) is 0 Å². The number of amides is 2. The van der Waals surface area contributed by atoms with Crippen LogP contribution >= 0.6 is 0 Å². The molecule has 0 aliphatic rings. The topological polar surface area (TPSA) is 108 Å². The van der Waals surface area contributed by atoms with Gasteiger partial charge in [-0.25, -0.2) is 9.59 Å². The molecule has 0 aliphatic carbocycles. The Balaban J connectivity index is 2.75. The molecule has 0 bridgehead atoms. The first-order valence-corrected chi connectivity index (χ1v) is 7.90. The van der Waals surface area contributed by atoms with Gasteiger partial charge in [0.15, 0.2) is 0 Å². The molecule has 25 heavy (non-hydrogen) atoms. The number of carbonyl (C=O) groups is 2. The Kier molecular flexibility index (Phi) is 6.99. The highest BCUT2D eigenvalue weighted by atomic mass is 16.6. The zero-order valence-corrected chi connectivity index (χ0v) is 15.0. The molecule has 1 rings (SSSR count). The second kappa shape index (κ2) is 8.53. The summed E-state index contributed by atoms with van der Waals surface area (Å²) in [5.41, 5.74) is 1.25. The van der Waals surface area contributed by atoms with Crippen molar-refractivity contribution in [2.24, 2.45) is 0 Å². The summed E-state index contributed by atoms with van der Waals surface area (Å²) in [5.74, 6) is 0. The Morgan fingerprint density at radius 1 is 1.24 bits per heavy atom. The van der Waals surface area contributed by atoms with Crippen LogP contribution in [0.1, 0.15) is 33.3 Å². The van der Waals surface area contributed by atoms with Crippen LogP contribution in [0.4, 0.5) is 15.3 Å². The zero-order chi connectivity index (χ0) is 19.2. The van der Waals surface area contributed by atoms with Crippen molar-refractivity contribution in [1.82, 2.24) is 5.32 Å². The summed E-state index contributed by atoms with van der Waals surface area (Å²) in [6, 6.07) is 6.15. The summed E-state index contributed by atoms with van der Waals surface area (Å²) in [6.45, 7) is 10.6. The van der Waals surface area contributed by atoms with Crippen LogP contribution in [0.5, 0.6) is 0 Å². The molecular weight excluding hydrogens is 324 g/mol. The lowest BCUT2D eigenvalue weighted by molar-refractivity contribution is 0.0636. The number of aliphatic hydroxyl groups is 1. The van der Waals surface area contributed by atoms with Crippen molar-refractivity contribution in [1.29, 1.82) is 0 Å². The van der Waals surface area contributed by atoms with Gasteiger partial charge in [-0.05, 0) is 51.8 Å². The number of carbonyl (C=O) groups excluding carboxylic acids is 1. The second-order valence-electron chi connectivity index (χ2n) is 6.88. The average molecular weight is 350 g/mol. The fraction of sp³-hybridized carbons (Fsp3) is 0.444. The van der Waals surface area contributed by atoms with Gasteiger partial charge in [0, 0.05) is 5.69 Å². The molecule has 0 spiro atoms. The first kappa shape index (κ1) is 20.5. The molecule has 0 unspecified atom stereocenters. The van der Waals surface area contributed by atoms with Crippen LogP contribution in [0.2, 0.25) is 0 Å². The summed E-state index contributed by atoms with van der Waals surface area (Å²) in [4.78, 5) is 22.6. The molecule has 0 radical (unpaired) electrons. The molecule has 0 aliphatic heterocycles. The van der Waals surface area contributed by atoms with E-state index in [1.807, 2.05) is 0 Å². The van der Waals surface area contributed by atoms with Gasteiger partial charge in [0.05, 0.1) is 12.1 Å². The van der Waals surface area contributed by atoms with Crippen molar-refractivity contribution in [3.05, 3.63) is 42.0 Å². The van der Waals surface area contributed by atoms with Crippen LogP contribution in [0.15, 0.2) is 36.4 Å². The smallest absolute Gasteiger partial charge is 0.412 e. The van der Waals surface area contributed by atoms with Gasteiger partial charge in [0.1, 0.15) is 5.60 Å². The van der Waals surface area contributed by atoms with E-state index >= 15 is 0 Å². The minimum absolute atomic E-state index is 0.285. The lowest BCUT2D eigenvalue weighted by Crippen LogP contribution is -2.44. The number of carboxylic acid groups (broad SMARTS) is 1. The molecular formula is C18H26N2O5. The van der Waals surface area contributed by atoms with Gasteiger partial charge in [0.2, 0.25) is 0 Å². The number of hydrogen-bond acceptors (Lipinski definition) is 4. The quantitative estimate of drug-likeness (QED) is 0.590. The molecule has 0 saturated carbocycles. The van der Waals surface area contributed by atoms with Crippen LogP contribution in [0.25, 0.3) is 0 Å². The van der Waals surface area contributed by atoms with Gasteiger partial charge < -0.3 is 20.3 Å². The Morgan fingerprint density at radius 2 is 1.80 bits per heavy atom. The number of benzene rings is 1.